The van der Waals surface area contributed by atoms with E-state index >= 15 is 0 Å². The Morgan fingerprint density at radius 1 is 1.11 bits per heavy atom. The lowest BCUT2D eigenvalue weighted by atomic mass is 9.68. The third kappa shape index (κ3) is 0.720. The van der Waals surface area contributed by atoms with Crippen molar-refractivity contribution in [3.05, 3.63) is 0 Å². The molecule has 3 unspecified atom stereocenters. The van der Waals surface area contributed by atoms with Gasteiger partial charge in [0.25, 0.3) is 0 Å². The van der Waals surface area contributed by atoms with Crippen molar-refractivity contribution < 1.29 is 0 Å². The first-order chi connectivity index (χ1) is 4.09. The summed E-state index contributed by atoms with van der Waals surface area (Å²) in [4.78, 5) is 0. The topological polar surface area (TPSA) is 0 Å². The Hall–Kier alpha value is 0. The molecule has 3 atom stereocenters. The lowest BCUT2D eigenvalue weighted by Gasteiger charge is -2.37. The van der Waals surface area contributed by atoms with Crippen LogP contribution in [0.3, 0.4) is 0 Å². The van der Waals surface area contributed by atoms with E-state index in [-0.39, 0.29) is 0 Å². The molecule has 0 aromatic rings. The number of fused-ring (bicyclic) bond motifs is 1. The molecule has 2 aliphatic carbocycles. The van der Waals surface area contributed by atoms with Gasteiger partial charge >= 0.3 is 0 Å². The SMILES string of the molecule is CC(C)(C)C1CC2CC21. The minimum atomic E-state index is 0.609. The second-order valence-electron chi connectivity index (χ2n) is 4.87. The van der Waals surface area contributed by atoms with E-state index in [0.717, 1.165) is 11.8 Å². The Bertz CT molecular complexity index is 129. The van der Waals surface area contributed by atoms with Crippen LogP contribution in [-0.2, 0) is 0 Å². The van der Waals surface area contributed by atoms with Crippen LogP contribution in [0.4, 0.5) is 0 Å². The van der Waals surface area contributed by atoms with Gasteiger partial charge in [-0.15, -0.1) is 0 Å². The van der Waals surface area contributed by atoms with Gasteiger partial charge in [-0.3, -0.25) is 0 Å². The zero-order valence-electron chi connectivity index (χ0n) is 6.65. The Kier molecular flexibility index (Phi) is 0.868. The average molecular weight is 124 g/mol. The van der Waals surface area contributed by atoms with E-state index < -0.39 is 0 Å². The lowest BCUT2D eigenvalue weighted by Crippen LogP contribution is -2.29. The molecule has 0 aromatic heterocycles. The summed E-state index contributed by atoms with van der Waals surface area (Å²) < 4.78 is 0. The summed E-state index contributed by atoms with van der Waals surface area (Å²) >= 11 is 0. The molecule has 0 heteroatoms. The molecule has 0 heterocycles. The monoisotopic (exact) mass is 124 g/mol. The first-order valence-corrected chi connectivity index (χ1v) is 4.09. The maximum Gasteiger partial charge on any atom is -0.0331 e. The normalized spacial score (nSPS) is 47.7. The van der Waals surface area contributed by atoms with Gasteiger partial charge in [-0.25, -0.2) is 0 Å². The predicted octanol–water partition coefficient (Wildman–Crippen LogP) is 2.69. The van der Waals surface area contributed by atoms with E-state index in [1.54, 1.807) is 6.42 Å². The Morgan fingerprint density at radius 3 is 1.89 bits per heavy atom. The summed E-state index contributed by atoms with van der Waals surface area (Å²) in [5, 5.41) is 0. The van der Waals surface area contributed by atoms with Crippen LogP contribution >= 0.6 is 0 Å². The first kappa shape index (κ1) is 5.76. The van der Waals surface area contributed by atoms with Gasteiger partial charge in [0.05, 0.1) is 0 Å². The third-order valence-corrected chi connectivity index (χ3v) is 3.16. The maximum absolute atomic E-state index is 2.38. The van der Waals surface area contributed by atoms with E-state index in [9.17, 15) is 0 Å². The summed E-state index contributed by atoms with van der Waals surface area (Å²) in [5.41, 5.74) is 0.609. The molecule has 0 aromatic carbocycles. The second-order valence-corrected chi connectivity index (χ2v) is 4.87. The summed E-state index contributed by atoms with van der Waals surface area (Å²) in [6.45, 7) is 7.14. The predicted molar refractivity (Wildman–Crippen MR) is 39.2 cm³/mol. The molecular weight excluding hydrogens is 108 g/mol. The zero-order valence-corrected chi connectivity index (χ0v) is 6.65. The Morgan fingerprint density at radius 2 is 1.78 bits per heavy atom. The van der Waals surface area contributed by atoms with Crippen molar-refractivity contribution in [1.29, 1.82) is 0 Å². The molecular formula is C9H16. The van der Waals surface area contributed by atoms with Gasteiger partial charge in [0, 0.05) is 0 Å². The van der Waals surface area contributed by atoms with Crippen LogP contribution in [0.2, 0.25) is 0 Å². The van der Waals surface area contributed by atoms with E-state index in [4.69, 9.17) is 0 Å². The average Bonchev–Trinajstić information content (AvgIpc) is 2.08. The summed E-state index contributed by atoms with van der Waals surface area (Å²) in [6.07, 6.45) is 3.09. The van der Waals surface area contributed by atoms with Crippen molar-refractivity contribution in [3.8, 4) is 0 Å². The van der Waals surface area contributed by atoms with Crippen molar-refractivity contribution in [2.24, 2.45) is 23.2 Å². The first-order valence-electron chi connectivity index (χ1n) is 4.09. The van der Waals surface area contributed by atoms with Crippen molar-refractivity contribution >= 4 is 0 Å². The molecule has 2 fully saturated rings. The Balaban J connectivity index is 2.00. The molecule has 0 aliphatic heterocycles. The van der Waals surface area contributed by atoms with Gasteiger partial charge in [0.2, 0.25) is 0 Å². The highest BCUT2D eigenvalue weighted by Gasteiger charge is 2.56. The van der Waals surface area contributed by atoms with Crippen molar-refractivity contribution in [2.75, 3.05) is 0 Å². The fourth-order valence-electron chi connectivity index (χ4n) is 2.34. The van der Waals surface area contributed by atoms with Crippen LogP contribution in [0.15, 0.2) is 0 Å². The number of hydrogen-bond donors (Lipinski definition) is 0. The van der Waals surface area contributed by atoms with Crippen LogP contribution in [0.1, 0.15) is 33.6 Å². The molecule has 2 rings (SSSR count). The molecule has 0 amide bonds. The molecule has 9 heavy (non-hydrogen) atoms. The standard InChI is InChI=1S/C9H16/c1-9(2,3)8-5-6-4-7(6)8/h6-8H,4-5H2,1-3H3. The van der Waals surface area contributed by atoms with Crippen LogP contribution in [-0.4, -0.2) is 0 Å². The zero-order chi connectivity index (χ0) is 6.65. The van der Waals surface area contributed by atoms with Gasteiger partial charge < -0.3 is 0 Å². The highest BCUT2D eigenvalue weighted by atomic mass is 14.6. The molecule has 0 N–H and O–H groups in total. The fourth-order valence-corrected chi connectivity index (χ4v) is 2.34. The lowest BCUT2D eigenvalue weighted by molar-refractivity contribution is 0.124. The molecule has 0 spiro atoms. The molecule has 0 saturated heterocycles. The van der Waals surface area contributed by atoms with Gasteiger partial charge in [-0.1, -0.05) is 20.8 Å². The molecule has 2 saturated carbocycles. The molecule has 0 nitrogen and oxygen atoms in total. The van der Waals surface area contributed by atoms with Crippen LogP contribution in [0.25, 0.3) is 0 Å². The largest absolute Gasteiger partial charge is 0.0599 e. The second kappa shape index (κ2) is 1.36. The van der Waals surface area contributed by atoms with Crippen LogP contribution < -0.4 is 0 Å². The van der Waals surface area contributed by atoms with Gasteiger partial charge in [-0.2, -0.15) is 0 Å². The van der Waals surface area contributed by atoms with Crippen molar-refractivity contribution in [2.45, 2.75) is 33.6 Å². The van der Waals surface area contributed by atoms with Crippen molar-refractivity contribution in [3.63, 3.8) is 0 Å². The van der Waals surface area contributed by atoms with Gasteiger partial charge in [-0.05, 0) is 36.0 Å². The van der Waals surface area contributed by atoms with Gasteiger partial charge in [0.1, 0.15) is 0 Å². The summed E-state index contributed by atoms with van der Waals surface area (Å²) in [5.74, 6) is 3.40. The number of rotatable bonds is 0. The van der Waals surface area contributed by atoms with E-state index in [1.165, 1.54) is 12.3 Å². The fraction of sp³-hybridized carbons (Fsp3) is 1.00. The highest BCUT2D eigenvalue weighted by Crippen LogP contribution is 2.64. The van der Waals surface area contributed by atoms with Gasteiger partial charge in [0.15, 0.2) is 0 Å². The van der Waals surface area contributed by atoms with E-state index in [0.29, 0.717) is 5.41 Å². The molecule has 0 radical (unpaired) electrons. The van der Waals surface area contributed by atoms with E-state index in [1.807, 2.05) is 0 Å². The maximum atomic E-state index is 2.38. The minimum Gasteiger partial charge on any atom is -0.0599 e. The number of hydrogen-bond acceptors (Lipinski definition) is 0. The van der Waals surface area contributed by atoms with E-state index in [2.05, 4.69) is 20.8 Å². The quantitative estimate of drug-likeness (QED) is 0.465. The van der Waals surface area contributed by atoms with Crippen LogP contribution in [0.5, 0.6) is 0 Å². The minimum absolute atomic E-state index is 0.609. The summed E-state index contributed by atoms with van der Waals surface area (Å²) in [6, 6.07) is 0. The third-order valence-electron chi connectivity index (χ3n) is 3.16. The Labute approximate surface area is 57.6 Å². The summed E-state index contributed by atoms with van der Waals surface area (Å²) in [7, 11) is 0. The highest BCUT2D eigenvalue weighted by molar-refractivity contribution is 5.05. The van der Waals surface area contributed by atoms with Crippen LogP contribution in [0, 0.1) is 23.2 Å². The van der Waals surface area contributed by atoms with Crippen molar-refractivity contribution in [1.82, 2.24) is 0 Å². The molecule has 2 aliphatic rings. The smallest absolute Gasteiger partial charge is 0.0331 e. The molecule has 0 bridgehead atoms. The molecule has 52 valence electrons.